The van der Waals surface area contributed by atoms with Crippen molar-refractivity contribution in [3.8, 4) is 5.75 Å². The van der Waals surface area contributed by atoms with Gasteiger partial charge in [-0.3, -0.25) is 0 Å². The molecule has 0 aromatic heterocycles. The van der Waals surface area contributed by atoms with Crippen molar-refractivity contribution in [2.75, 3.05) is 36.5 Å². The molecule has 162 valence electrons. The van der Waals surface area contributed by atoms with Crippen LogP contribution < -0.4 is 15.0 Å². The first-order valence-electron chi connectivity index (χ1n) is 10.1. The number of hydrogen-bond acceptors (Lipinski definition) is 4. The van der Waals surface area contributed by atoms with E-state index in [9.17, 15) is 0 Å². The van der Waals surface area contributed by atoms with Crippen molar-refractivity contribution in [2.24, 2.45) is 0 Å². The first-order valence-corrected chi connectivity index (χ1v) is 11.7. The quantitative estimate of drug-likeness (QED) is 0.371. The van der Waals surface area contributed by atoms with Crippen molar-refractivity contribution in [1.82, 2.24) is 0 Å². The minimum atomic E-state index is 0.416. The van der Waals surface area contributed by atoms with Gasteiger partial charge in [-0.15, -0.1) is 0 Å². The molecule has 0 radical (unpaired) electrons. The largest absolute Gasteiger partial charge is 0.489 e. The maximum absolute atomic E-state index is 6.11. The zero-order chi connectivity index (χ0) is 21.6. The van der Waals surface area contributed by atoms with Gasteiger partial charge >= 0.3 is 0 Å². The van der Waals surface area contributed by atoms with Crippen LogP contribution in [0.5, 0.6) is 5.75 Å². The van der Waals surface area contributed by atoms with Crippen LogP contribution in [0.15, 0.2) is 65.1 Å². The zero-order valence-electron chi connectivity index (χ0n) is 16.9. The monoisotopic (exact) mass is 520 g/mol. The fourth-order valence-corrected chi connectivity index (χ4v) is 4.16. The minimum Gasteiger partial charge on any atom is -0.489 e. The third-order valence-corrected chi connectivity index (χ3v) is 6.36. The van der Waals surface area contributed by atoms with E-state index in [-0.39, 0.29) is 0 Å². The highest BCUT2D eigenvalue weighted by molar-refractivity contribution is 9.10. The van der Waals surface area contributed by atoms with Gasteiger partial charge < -0.3 is 19.7 Å². The van der Waals surface area contributed by atoms with Gasteiger partial charge in [0, 0.05) is 41.0 Å². The van der Waals surface area contributed by atoms with E-state index in [2.05, 4.69) is 56.5 Å². The van der Waals surface area contributed by atoms with E-state index in [0.717, 1.165) is 53.3 Å². The van der Waals surface area contributed by atoms with E-state index in [1.165, 1.54) is 5.69 Å². The van der Waals surface area contributed by atoms with Crippen molar-refractivity contribution in [2.45, 2.75) is 13.2 Å². The van der Waals surface area contributed by atoms with Gasteiger partial charge in [0.25, 0.3) is 0 Å². The number of nitrogens with zero attached hydrogens (tertiary/aromatic N) is 1. The average molecular weight is 522 g/mol. The summed E-state index contributed by atoms with van der Waals surface area (Å²) < 4.78 is 12.5. The fraction of sp³-hybridized carbons (Fsp3) is 0.250. The second-order valence-electron chi connectivity index (χ2n) is 7.29. The maximum atomic E-state index is 6.11. The molecule has 0 amide bonds. The van der Waals surface area contributed by atoms with Crippen molar-refractivity contribution >= 4 is 50.5 Å². The van der Waals surface area contributed by atoms with Crippen LogP contribution in [0.2, 0.25) is 10.0 Å². The molecule has 31 heavy (non-hydrogen) atoms. The smallest absolute Gasteiger partial charge is 0.124 e. The van der Waals surface area contributed by atoms with Gasteiger partial charge in [-0.05, 0) is 60.2 Å². The van der Waals surface area contributed by atoms with E-state index >= 15 is 0 Å². The second kappa shape index (κ2) is 10.6. The summed E-state index contributed by atoms with van der Waals surface area (Å²) in [6.07, 6.45) is 0. The van der Waals surface area contributed by atoms with Crippen LogP contribution >= 0.6 is 39.1 Å². The van der Waals surface area contributed by atoms with Crippen LogP contribution in [0, 0.1) is 0 Å². The SMILES string of the molecule is Clc1ccc(COc2ccc(Br)cc2CNc2ccc(N3CCOCC3)cc2)cc1Cl. The van der Waals surface area contributed by atoms with Crippen LogP contribution in [0.25, 0.3) is 0 Å². The molecule has 3 aromatic carbocycles. The van der Waals surface area contributed by atoms with Gasteiger partial charge in [-0.2, -0.15) is 0 Å². The third kappa shape index (κ3) is 6.07. The fourth-order valence-electron chi connectivity index (χ4n) is 3.43. The molecule has 4 nitrogen and oxygen atoms in total. The normalized spacial score (nSPS) is 13.8. The first kappa shape index (κ1) is 22.3. The summed E-state index contributed by atoms with van der Waals surface area (Å²) in [6.45, 7) is 4.50. The molecule has 0 saturated carbocycles. The Bertz CT molecular complexity index is 1020. The number of ether oxygens (including phenoxy) is 2. The van der Waals surface area contributed by atoms with Crippen LogP contribution in [-0.2, 0) is 17.9 Å². The molecular formula is C24H23BrCl2N2O2. The Balaban J connectivity index is 1.39. The molecule has 0 aliphatic carbocycles. The van der Waals surface area contributed by atoms with Crippen molar-refractivity contribution < 1.29 is 9.47 Å². The Labute approximate surface area is 201 Å². The predicted molar refractivity (Wildman–Crippen MR) is 132 cm³/mol. The lowest BCUT2D eigenvalue weighted by Crippen LogP contribution is -2.36. The number of nitrogens with one attached hydrogen (secondary N) is 1. The molecule has 1 saturated heterocycles. The van der Waals surface area contributed by atoms with E-state index in [1.54, 1.807) is 6.07 Å². The zero-order valence-corrected chi connectivity index (χ0v) is 20.0. The van der Waals surface area contributed by atoms with Crippen molar-refractivity contribution in [3.63, 3.8) is 0 Å². The van der Waals surface area contributed by atoms with Gasteiger partial charge in [0.2, 0.25) is 0 Å². The minimum absolute atomic E-state index is 0.416. The Morgan fingerprint density at radius 1 is 0.935 bits per heavy atom. The second-order valence-corrected chi connectivity index (χ2v) is 9.02. The molecule has 1 heterocycles. The molecule has 1 aliphatic rings. The molecule has 0 unspecified atom stereocenters. The average Bonchev–Trinajstić information content (AvgIpc) is 2.80. The molecule has 1 fully saturated rings. The molecule has 0 bridgehead atoms. The molecule has 1 aliphatic heterocycles. The van der Waals surface area contributed by atoms with E-state index < -0.39 is 0 Å². The van der Waals surface area contributed by atoms with Crippen molar-refractivity contribution in [1.29, 1.82) is 0 Å². The third-order valence-electron chi connectivity index (χ3n) is 5.13. The number of anilines is 2. The molecule has 0 atom stereocenters. The summed E-state index contributed by atoms with van der Waals surface area (Å²) in [7, 11) is 0. The Hall–Kier alpha value is -1.92. The summed E-state index contributed by atoms with van der Waals surface area (Å²) in [4.78, 5) is 2.34. The Morgan fingerprint density at radius 2 is 1.71 bits per heavy atom. The number of morpholine rings is 1. The number of halogens is 3. The number of rotatable bonds is 7. The van der Waals surface area contributed by atoms with Gasteiger partial charge in [0.1, 0.15) is 12.4 Å². The van der Waals surface area contributed by atoms with Crippen LogP contribution in [0.3, 0.4) is 0 Å². The summed E-state index contributed by atoms with van der Waals surface area (Å²) >= 11 is 15.7. The van der Waals surface area contributed by atoms with Crippen LogP contribution in [0.1, 0.15) is 11.1 Å². The lowest BCUT2D eigenvalue weighted by Gasteiger charge is -2.29. The van der Waals surface area contributed by atoms with Crippen LogP contribution in [-0.4, -0.2) is 26.3 Å². The topological polar surface area (TPSA) is 33.7 Å². The lowest BCUT2D eigenvalue weighted by atomic mass is 10.2. The van der Waals surface area contributed by atoms with Gasteiger partial charge in [0.05, 0.1) is 23.3 Å². The number of benzene rings is 3. The van der Waals surface area contributed by atoms with Crippen molar-refractivity contribution in [3.05, 3.63) is 86.3 Å². The molecule has 3 aromatic rings. The molecule has 0 spiro atoms. The highest BCUT2D eigenvalue weighted by Gasteiger charge is 2.11. The van der Waals surface area contributed by atoms with Gasteiger partial charge in [-0.1, -0.05) is 45.2 Å². The van der Waals surface area contributed by atoms with E-state index in [1.807, 2.05) is 24.3 Å². The first-order chi connectivity index (χ1) is 15.1. The standard InChI is InChI=1S/C24H23BrCl2N2O2/c25-19-2-8-24(31-16-17-1-7-22(26)23(27)13-17)18(14-19)15-28-20-3-5-21(6-4-20)29-9-11-30-12-10-29/h1-8,13-14,28H,9-12,15-16H2. The molecule has 4 rings (SSSR count). The predicted octanol–water partition coefficient (Wildman–Crippen LogP) is 6.78. The highest BCUT2D eigenvalue weighted by atomic mass is 79.9. The summed E-state index contributed by atoms with van der Waals surface area (Å²) in [5.74, 6) is 0.826. The summed E-state index contributed by atoms with van der Waals surface area (Å²) in [5, 5.41) is 4.56. The van der Waals surface area contributed by atoms with Crippen LogP contribution in [0.4, 0.5) is 11.4 Å². The Kier molecular flexibility index (Phi) is 7.62. The van der Waals surface area contributed by atoms with E-state index in [4.69, 9.17) is 32.7 Å². The Morgan fingerprint density at radius 3 is 2.45 bits per heavy atom. The number of hydrogen-bond donors (Lipinski definition) is 1. The maximum Gasteiger partial charge on any atom is 0.124 e. The molecule has 7 heteroatoms. The highest BCUT2D eigenvalue weighted by Crippen LogP contribution is 2.27. The van der Waals surface area contributed by atoms with E-state index in [0.29, 0.717) is 23.2 Å². The summed E-state index contributed by atoms with van der Waals surface area (Å²) in [5.41, 5.74) is 4.32. The lowest BCUT2D eigenvalue weighted by molar-refractivity contribution is 0.122. The molecular weight excluding hydrogens is 499 g/mol. The van der Waals surface area contributed by atoms with Gasteiger partial charge in [0.15, 0.2) is 0 Å². The van der Waals surface area contributed by atoms with Gasteiger partial charge in [-0.25, -0.2) is 0 Å². The summed E-state index contributed by atoms with van der Waals surface area (Å²) in [6, 6.07) is 20.1. The molecule has 1 N–H and O–H groups in total.